The number of nitrogen functional groups attached to an aromatic ring is 1. The van der Waals surface area contributed by atoms with Gasteiger partial charge in [0.15, 0.2) is 0 Å². The fraction of sp³-hybridized carbons (Fsp3) is 0.304. The summed E-state index contributed by atoms with van der Waals surface area (Å²) in [6.07, 6.45) is 0.848. The number of para-hydroxylation sites is 1. The molecule has 1 fully saturated rings. The topological polar surface area (TPSA) is 123 Å². The van der Waals surface area contributed by atoms with Crippen molar-refractivity contribution in [3.8, 4) is 6.07 Å². The first-order chi connectivity index (χ1) is 15.4. The van der Waals surface area contributed by atoms with Gasteiger partial charge in [-0.25, -0.2) is 4.98 Å². The van der Waals surface area contributed by atoms with E-state index >= 15 is 0 Å². The maximum atomic E-state index is 12.2. The number of nitrogens with two attached hydrogens (primary N) is 1. The molecular weight excluding hydrogens is 404 g/mol. The first-order valence-electron chi connectivity index (χ1n) is 10.4. The molecule has 2 aromatic carbocycles. The number of fused-ring (bicyclic) bond motifs is 1. The molecule has 1 atom stereocenters. The summed E-state index contributed by atoms with van der Waals surface area (Å²) in [5.74, 6) is 1.26. The van der Waals surface area contributed by atoms with Gasteiger partial charge in [0, 0.05) is 35.9 Å². The van der Waals surface area contributed by atoms with Crippen LogP contribution in [0.1, 0.15) is 12.0 Å². The highest BCUT2D eigenvalue weighted by atomic mass is 16.2. The Morgan fingerprint density at radius 3 is 2.88 bits per heavy atom. The number of nitriles is 1. The standard InChI is InChI=1S/C23H26N8O/c1-30(2)14-21(32)26-17-7-8-31(13-17)22-19-5-3-4-6-20(19)28-23(29-22)27-18-10-15(12-24)9-16(25)11-18/h3-6,9-11,17H,7-8,13-14,25H2,1-2H3,(H,26,32)(H,27,28,29)/t17-/m0/s1. The monoisotopic (exact) mass is 430 g/mol. The smallest absolute Gasteiger partial charge is 0.234 e. The third-order valence-corrected chi connectivity index (χ3v) is 5.24. The van der Waals surface area contributed by atoms with Crippen LogP contribution in [0.4, 0.5) is 23.1 Å². The lowest BCUT2D eigenvalue weighted by atomic mass is 10.2. The molecule has 1 aliphatic heterocycles. The summed E-state index contributed by atoms with van der Waals surface area (Å²) in [7, 11) is 3.75. The van der Waals surface area contributed by atoms with E-state index < -0.39 is 0 Å². The van der Waals surface area contributed by atoms with Crippen LogP contribution in [0.3, 0.4) is 0 Å². The number of carbonyl (C=O) groups is 1. The van der Waals surface area contributed by atoms with E-state index in [0.29, 0.717) is 36.0 Å². The molecule has 4 rings (SSSR count). The van der Waals surface area contributed by atoms with E-state index in [-0.39, 0.29) is 11.9 Å². The van der Waals surface area contributed by atoms with Gasteiger partial charge in [0.05, 0.1) is 23.7 Å². The molecule has 0 bridgehead atoms. The number of likely N-dealkylation sites (N-methyl/N-ethyl adjacent to an activating group) is 1. The number of nitrogens with one attached hydrogen (secondary N) is 2. The molecule has 1 aromatic heterocycles. The van der Waals surface area contributed by atoms with Gasteiger partial charge < -0.3 is 26.2 Å². The van der Waals surface area contributed by atoms with Crippen LogP contribution in [0, 0.1) is 11.3 Å². The van der Waals surface area contributed by atoms with Crippen LogP contribution < -0.4 is 21.3 Å². The van der Waals surface area contributed by atoms with Crippen molar-refractivity contribution in [1.29, 1.82) is 5.26 Å². The zero-order valence-corrected chi connectivity index (χ0v) is 18.2. The number of hydrogen-bond acceptors (Lipinski definition) is 8. The zero-order chi connectivity index (χ0) is 22.7. The average molecular weight is 431 g/mol. The molecule has 164 valence electrons. The summed E-state index contributed by atoms with van der Waals surface area (Å²) in [4.78, 5) is 25.6. The van der Waals surface area contributed by atoms with Gasteiger partial charge in [0.1, 0.15) is 5.82 Å². The van der Waals surface area contributed by atoms with Crippen molar-refractivity contribution in [2.45, 2.75) is 12.5 Å². The van der Waals surface area contributed by atoms with E-state index in [9.17, 15) is 10.1 Å². The van der Waals surface area contributed by atoms with Crippen LogP contribution in [-0.4, -0.2) is 60.5 Å². The maximum Gasteiger partial charge on any atom is 0.234 e. The summed E-state index contributed by atoms with van der Waals surface area (Å²) in [6, 6.07) is 15.1. The molecule has 32 heavy (non-hydrogen) atoms. The lowest BCUT2D eigenvalue weighted by Gasteiger charge is -2.21. The number of benzene rings is 2. The Morgan fingerprint density at radius 2 is 2.09 bits per heavy atom. The number of nitrogens with zero attached hydrogens (tertiary/aromatic N) is 5. The third-order valence-electron chi connectivity index (χ3n) is 5.24. The highest BCUT2D eigenvalue weighted by Crippen LogP contribution is 2.29. The van der Waals surface area contributed by atoms with Crippen molar-refractivity contribution in [2.24, 2.45) is 0 Å². The van der Waals surface area contributed by atoms with Crippen molar-refractivity contribution in [2.75, 3.05) is 49.7 Å². The van der Waals surface area contributed by atoms with Gasteiger partial charge in [0.25, 0.3) is 0 Å². The van der Waals surface area contributed by atoms with Crippen molar-refractivity contribution in [1.82, 2.24) is 20.2 Å². The van der Waals surface area contributed by atoms with Crippen LogP contribution in [0.2, 0.25) is 0 Å². The molecule has 0 unspecified atom stereocenters. The molecular formula is C23H26N8O. The van der Waals surface area contributed by atoms with E-state index in [1.807, 2.05) is 43.3 Å². The minimum atomic E-state index is 0.0201. The van der Waals surface area contributed by atoms with Crippen molar-refractivity contribution in [3.05, 3.63) is 48.0 Å². The highest BCUT2D eigenvalue weighted by Gasteiger charge is 2.26. The third kappa shape index (κ3) is 4.87. The molecule has 9 nitrogen and oxygen atoms in total. The molecule has 1 amide bonds. The fourth-order valence-electron chi connectivity index (χ4n) is 3.91. The fourth-order valence-corrected chi connectivity index (χ4v) is 3.91. The van der Waals surface area contributed by atoms with Gasteiger partial charge in [-0.1, -0.05) is 12.1 Å². The minimum Gasteiger partial charge on any atom is -0.399 e. The number of hydrogen-bond donors (Lipinski definition) is 3. The van der Waals surface area contributed by atoms with Gasteiger partial charge in [0.2, 0.25) is 11.9 Å². The van der Waals surface area contributed by atoms with E-state index in [4.69, 9.17) is 10.7 Å². The van der Waals surface area contributed by atoms with Gasteiger partial charge in [-0.3, -0.25) is 4.79 Å². The maximum absolute atomic E-state index is 12.2. The lowest BCUT2D eigenvalue weighted by molar-refractivity contribution is -0.122. The molecule has 1 aliphatic rings. The molecule has 1 saturated heterocycles. The first-order valence-corrected chi connectivity index (χ1v) is 10.4. The number of carbonyl (C=O) groups excluding carboxylic acids is 1. The Labute approximate surface area is 186 Å². The van der Waals surface area contributed by atoms with E-state index in [1.165, 1.54) is 0 Å². The number of aromatic nitrogens is 2. The van der Waals surface area contributed by atoms with Gasteiger partial charge in [-0.05, 0) is 50.8 Å². The van der Waals surface area contributed by atoms with Crippen LogP contribution in [0.25, 0.3) is 10.9 Å². The Balaban J connectivity index is 1.60. The minimum absolute atomic E-state index is 0.0201. The van der Waals surface area contributed by atoms with Crippen LogP contribution in [0.5, 0.6) is 0 Å². The van der Waals surface area contributed by atoms with E-state index in [2.05, 4.69) is 26.6 Å². The Hall–Kier alpha value is -3.90. The molecule has 0 saturated carbocycles. The summed E-state index contributed by atoms with van der Waals surface area (Å²) in [5, 5.41) is 16.5. The van der Waals surface area contributed by atoms with Gasteiger partial charge in [-0.15, -0.1) is 0 Å². The predicted molar refractivity (Wildman–Crippen MR) is 126 cm³/mol. The summed E-state index contributed by atoms with van der Waals surface area (Å²) in [5.41, 5.74) is 8.33. The predicted octanol–water partition coefficient (Wildman–Crippen LogP) is 2.08. The largest absolute Gasteiger partial charge is 0.399 e. The molecule has 9 heteroatoms. The second-order valence-corrected chi connectivity index (χ2v) is 8.21. The van der Waals surface area contributed by atoms with Crippen LogP contribution in [0.15, 0.2) is 42.5 Å². The van der Waals surface area contributed by atoms with Crippen molar-refractivity contribution >= 4 is 40.0 Å². The first kappa shape index (κ1) is 21.3. The van der Waals surface area contributed by atoms with Gasteiger partial charge >= 0.3 is 0 Å². The molecule has 2 heterocycles. The SMILES string of the molecule is CN(C)CC(=O)N[C@H]1CCN(c2nc(Nc3cc(N)cc(C#N)c3)nc3ccccc23)C1. The number of anilines is 4. The second kappa shape index (κ2) is 9.08. The normalized spacial score (nSPS) is 15.7. The van der Waals surface area contributed by atoms with E-state index in [1.54, 1.807) is 18.2 Å². The van der Waals surface area contributed by atoms with Crippen molar-refractivity contribution < 1.29 is 4.79 Å². The van der Waals surface area contributed by atoms with Gasteiger partial charge in [-0.2, -0.15) is 10.2 Å². The highest BCUT2D eigenvalue weighted by molar-refractivity contribution is 5.91. The zero-order valence-electron chi connectivity index (χ0n) is 18.2. The quantitative estimate of drug-likeness (QED) is 0.508. The summed E-state index contributed by atoms with van der Waals surface area (Å²) in [6.45, 7) is 1.83. The molecule has 0 aliphatic carbocycles. The Kier molecular flexibility index (Phi) is 6.05. The second-order valence-electron chi connectivity index (χ2n) is 8.21. The molecule has 0 spiro atoms. The average Bonchev–Trinajstić information content (AvgIpc) is 3.20. The molecule has 3 aromatic rings. The summed E-state index contributed by atoms with van der Waals surface area (Å²) >= 11 is 0. The lowest BCUT2D eigenvalue weighted by Crippen LogP contribution is -2.41. The van der Waals surface area contributed by atoms with Crippen molar-refractivity contribution in [3.63, 3.8) is 0 Å². The van der Waals surface area contributed by atoms with Crippen LogP contribution >= 0.6 is 0 Å². The van der Waals surface area contributed by atoms with Crippen LogP contribution in [-0.2, 0) is 4.79 Å². The summed E-state index contributed by atoms with van der Waals surface area (Å²) < 4.78 is 0. The number of amides is 1. The van der Waals surface area contributed by atoms with E-state index in [0.717, 1.165) is 29.7 Å². The molecule has 0 radical (unpaired) electrons. The Bertz CT molecular complexity index is 1190. The molecule has 4 N–H and O–H groups in total. The Morgan fingerprint density at radius 1 is 1.28 bits per heavy atom. The number of rotatable bonds is 6.